The standard InChI is InChI=1S/C40H49F3N6O2/c1-7-14-34(38(50)49-36-31(18-13-19-33(36)41)26(4)27-16-11-10-12-17-27)48-35(15-8-2)51-39(44-6)32(24-45-25-40(5,42)43)30(9-3)29-22-46-37(47-23-29)28-20-21-28/h9-13,15-19,22-24,28,34,39,44-45,48H,4,7-8,14,20-21,25H2,1-3,5-6H3,(H,49,50)/b30-9+,32-24+,35-15+. The molecular weight excluding hydrogens is 653 g/mol. The predicted molar refractivity (Wildman–Crippen MR) is 198 cm³/mol. The Kier molecular flexibility index (Phi) is 14.0. The lowest BCUT2D eigenvalue weighted by Gasteiger charge is -2.28. The maximum atomic E-state index is 15.3. The summed E-state index contributed by atoms with van der Waals surface area (Å²) < 4.78 is 49.5. The lowest BCUT2D eigenvalue weighted by molar-refractivity contribution is -0.118. The molecule has 11 heteroatoms. The second-order valence-corrected chi connectivity index (χ2v) is 12.6. The van der Waals surface area contributed by atoms with Crippen LogP contribution in [-0.4, -0.2) is 47.7 Å². The Morgan fingerprint density at radius 1 is 1.08 bits per heavy atom. The molecule has 2 unspecified atom stereocenters. The van der Waals surface area contributed by atoms with Crippen LogP contribution in [-0.2, 0) is 9.53 Å². The van der Waals surface area contributed by atoms with Crippen molar-refractivity contribution < 1.29 is 22.7 Å². The van der Waals surface area contributed by atoms with Gasteiger partial charge in [0.1, 0.15) is 17.7 Å². The minimum absolute atomic E-state index is 0.0333. The fraction of sp³-hybridized carbons (Fsp3) is 0.375. The van der Waals surface area contributed by atoms with E-state index in [2.05, 4.69) is 37.8 Å². The van der Waals surface area contributed by atoms with E-state index in [1.165, 1.54) is 12.3 Å². The van der Waals surface area contributed by atoms with Gasteiger partial charge in [0.25, 0.3) is 5.92 Å². The zero-order valence-electron chi connectivity index (χ0n) is 30.0. The average molecular weight is 703 g/mol. The number of benzene rings is 2. The van der Waals surface area contributed by atoms with Gasteiger partial charge in [-0.1, -0.05) is 75.4 Å². The Morgan fingerprint density at radius 2 is 1.78 bits per heavy atom. The molecule has 4 N–H and O–H groups in total. The maximum Gasteiger partial charge on any atom is 0.262 e. The topological polar surface area (TPSA) is 100 Å². The van der Waals surface area contributed by atoms with Gasteiger partial charge in [0.15, 0.2) is 12.1 Å². The number of ether oxygens (including phenoxy) is 1. The maximum absolute atomic E-state index is 15.3. The number of nitrogens with one attached hydrogen (secondary N) is 4. The van der Waals surface area contributed by atoms with Gasteiger partial charge in [0, 0.05) is 48.1 Å². The van der Waals surface area contributed by atoms with Gasteiger partial charge in [-0.2, -0.15) is 0 Å². The molecular formula is C40H49F3N6O2. The fourth-order valence-electron chi connectivity index (χ4n) is 5.53. The number of halogens is 3. The molecule has 51 heavy (non-hydrogen) atoms. The van der Waals surface area contributed by atoms with Crippen molar-refractivity contribution >= 4 is 22.7 Å². The number of allylic oxidation sites excluding steroid dienone is 2. The van der Waals surface area contributed by atoms with Crippen LogP contribution < -0.4 is 21.3 Å². The molecule has 272 valence electrons. The van der Waals surface area contributed by atoms with Crippen LogP contribution in [0, 0.1) is 5.82 Å². The van der Waals surface area contributed by atoms with Gasteiger partial charge in [-0.15, -0.1) is 0 Å². The molecule has 1 aliphatic carbocycles. The van der Waals surface area contributed by atoms with Gasteiger partial charge in [0.05, 0.1) is 12.2 Å². The van der Waals surface area contributed by atoms with Crippen LogP contribution in [0.15, 0.2) is 97.3 Å². The second kappa shape index (κ2) is 18.4. The molecule has 0 radical (unpaired) electrons. The predicted octanol–water partition coefficient (Wildman–Crippen LogP) is 8.30. The number of nitrogens with zero attached hydrogens (tertiary/aromatic N) is 2. The summed E-state index contributed by atoms with van der Waals surface area (Å²) in [5.41, 5.74) is 3.75. The smallest absolute Gasteiger partial charge is 0.262 e. The molecule has 0 saturated heterocycles. The molecule has 2 aromatic carbocycles. The molecule has 1 saturated carbocycles. The van der Waals surface area contributed by atoms with Crippen LogP contribution in [0.2, 0.25) is 0 Å². The molecule has 8 nitrogen and oxygen atoms in total. The molecule has 3 aromatic rings. The molecule has 1 fully saturated rings. The third-order valence-electron chi connectivity index (χ3n) is 8.29. The van der Waals surface area contributed by atoms with E-state index in [-0.39, 0.29) is 11.6 Å². The van der Waals surface area contributed by atoms with E-state index in [0.29, 0.717) is 53.0 Å². The summed E-state index contributed by atoms with van der Waals surface area (Å²) >= 11 is 0. The number of anilines is 1. The molecule has 1 aromatic heterocycles. The van der Waals surface area contributed by atoms with Crippen LogP contribution in [0.1, 0.15) is 88.2 Å². The van der Waals surface area contributed by atoms with Crippen LogP contribution in [0.25, 0.3) is 11.1 Å². The Labute approximate surface area is 299 Å². The lowest BCUT2D eigenvalue weighted by Crippen LogP contribution is -2.43. The van der Waals surface area contributed by atoms with E-state index >= 15 is 4.39 Å². The molecule has 0 aliphatic heterocycles. The zero-order chi connectivity index (χ0) is 37.0. The zero-order valence-corrected chi connectivity index (χ0v) is 30.0. The number of carbonyl (C=O) groups excluding carboxylic acids is 1. The number of alkyl halides is 2. The third kappa shape index (κ3) is 11.0. The van der Waals surface area contributed by atoms with Crippen molar-refractivity contribution in [3.05, 3.63) is 126 Å². The number of likely N-dealkylation sites (N-methyl/N-ethyl adjacent to an activating group) is 1. The quantitative estimate of drug-likeness (QED) is 0.0567. The number of carbonyl (C=O) groups is 1. The van der Waals surface area contributed by atoms with Crippen molar-refractivity contribution in [2.24, 2.45) is 0 Å². The summed E-state index contributed by atoms with van der Waals surface area (Å²) in [4.78, 5) is 23.0. The first-order chi connectivity index (χ1) is 24.5. The number of rotatable bonds is 19. The molecule has 4 rings (SSSR count). The number of aromatic nitrogens is 2. The molecule has 1 amide bonds. The summed E-state index contributed by atoms with van der Waals surface area (Å²) in [6.45, 7) is 10.1. The summed E-state index contributed by atoms with van der Waals surface area (Å²) in [5, 5.41) is 11.9. The second-order valence-electron chi connectivity index (χ2n) is 12.6. The molecule has 1 aliphatic rings. The number of para-hydroxylation sites is 1. The highest BCUT2D eigenvalue weighted by Gasteiger charge is 2.28. The van der Waals surface area contributed by atoms with Gasteiger partial charge in [-0.05, 0) is 68.5 Å². The minimum atomic E-state index is -2.95. The third-order valence-corrected chi connectivity index (χ3v) is 8.29. The van der Waals surface area contributed by atoms with Gasteiger partial charge in [-0.25, -0.2) is 23.1 Å². The van der Waals surface area contributed by atoms with E-state index in [1.54, 1.807) is 37.7 Å². The van der Waals surface area contributed by atoms with Gasteiger partial charge < -0.3 is 20.7 Å². The van der Waals surface area contributed by atoms with Crippen molar-refractivity contribution in [1.29, 1.82) is 0 Å². The van der Waals surface area contributed by atoms with Gasteiger partial charge in [-0.3, -0.25) is 10.1 Å². The highest BCUT2D eigenvalue weighted by molar-refractivity contribution is 5.99. The first kappa shape index (κ1) is 38.9. The van der Waals surface area contributed by atoms with Crippen LogP contribution in [0.3, 0.4) is 0 Å². The number of hydrogen-bond donors (Lipinski definition) is 4. The Hall–Kier alpha value is -4.90. The molecule has 2 atom stereocenters. The average Bonchev–Trinajstić information content (AvgIpc) is 3.97. The van der Waals surface area contributed by atoms with E-state index in [9.17, 15) is 13.6 Å². The summed E-state index contributed by atoms with van der Waals surface area (Å²) in [6, 6.07) is 13.2. The fourth-order valence-corrected chi connectivity index (χ4v) is 5.53. The SMILES string of the molecule is C=C(c1ccccc1)c1cccc(F)c1NC(=O)C(CCC)N/C(=C\CC)OC(NC)C(=C/NCC(C)(F)F)/C(=C/C)c1cnc(C2CC2)nc1. The van der Waals surface area contributed by atoms with Crippen LogP contribution in [0.5, 0.6) is 0 Å². The van der Waals surface area contributed by atoms with E-state index in [0.717, 1.165) is 31.2 Å². The van der Waals surface area contributed by atoms with Crippen molar-refractivity contribution in [2.75, 3.05) is 18.9 Å². The van der Waals surface area contributed by atoms with Crippen molar-refractivity contribution in [3.8, 4) is 0 Å². The first-order valence-corrected chi connectivity index (χ1v) is 17.4. The van der Waals surface area contributed by atoms with Crippen LogP contribution >= 0.6 is 0 Å². The summed E-state index contributed by atoms with van der Waals surface area (Å²) in [5.74, 6) is -2.55. The van der Waals surface area contributed by atoms with Crippen molar-refractivity contribution in [2.45, 2.75) is 83.9 Å². The van der Waals surface area contributed by atoms with E-state index in [1.807, 2.05) is 57.2 Å². The molecule has 0 bridgehead atoms. The first-order valence-electron chi connectivity index (χ1n) is 17.4. The molecule has 0 spiro atoms. The van der Waals surface area contributed by atoms with Gasteiger partial charge in [0.2, 0.25) is 5.91 Å². The van der Waals surface area contributed by atoms with Gasteiger partial charge >= 0.3 is 0 Å². The largest absolute Gasteiger partial charge is 0.457 e. The van der Waals surface area contributed by atoms with Crippen molar-refractivity contribution in [1.82, 2.24) is 25.9 Å². The lowest BCUT2D eigenvalue weighted by atomic mass is 9.97. The monoisotopic (exact) mass is 702 g/mol. The normalized spacial score (nSPS) is 15.2. The van der Waals surface area contributed by atoms with E-state index < -0.39 is 36.5 Å². The number of hydrogen-bond acceptors (Lipinski definition) is 7. The van der Waals surface area contributed by atoms with E-state index in [4.69, 9.17) is 4.74 Å². The van der Waals surface area contributed by atoms with Crippen molar-refractivity contribution in [3.63, 3.8) is 0 Å². The summed E-state index contributed by atoms with van der Waals surface area (Å²) in [6.07, 6.45) is 11.5. The number of amides is 1. The molecule has 1 heterocycles. The highest BCUT2D eigenvalue weighted by atomic mass is 19.3. The Bertz CT molecular complexity index is 1710. The summed E-state index contributed by atoms with van der Waals surface area (Å²) in [7, 11) is 1.69. The van der Waals surface area contributed by atoms with Crippen LogP contribution in [0.4, 0.5) is 18.9 Å². The minimum Gasteiger partial charge on any atom is -0.457 e. The highest BCUT2D eigenvalue weighted by Crippen LogP contribution is 2.38. The Morgan fingerprint density at radius 3 is 2.37 bits per heavy atom. The Balaban J connectivity index is 1.60.